The van der Waals surface area contributed by atoms with Crippen LogP contribution in [0.2, 0.25) is 0 Å². The SMILES string of the molecule is O=C(c1cnn2cccnc12)N(CCO)Cc1ccccc1. The highest BCUT2D eigenvalue weighted by Crippen LogP contribution is 2.13. The minimum Gasteiger partial charge on any atom is -0.395 e. The van der Waals surface area contributed by atoms with Crippen LogP contribution in [0.15, 0.2) is 55.0 Å². The minimum absolute atomic E-state index is 0.0920. The molecule has 0 bridgehead atoms. The van der Waals surface area contributed by atoms with Crippen molar-refractivity contribution in [2.75, 3.05) is 13.2 Å². The molecular formula is C16H16N4O2. The number of benzene rings is 1. The van der Waals surface area contributed by atoms with Gasteiger partial charge < -0.3 is 10.0 Å². The van der Waals surface area contributed by atoms with E-state index in [9.17, 15) is 9.90 Å². The summed E-state index contributed by atoms with van der Waals surface area (Å²) in [6, 6.07) is 11.4. The van der Waals surface area contributed by atoms with Crippen LogP contribution in [-0.4, -0.2) is 43.7 Å². The van der Waals surface area contributed by atoms with E-state index < -0.39 is 0 Å². The van der Waals surface area contributed by atoms with Gasteiger partial charge >= 0.3 is 0 Å². The summed E-state index contributed by atoms with van der Waals surface area (Å²) in [4.78, 5) is 18.5. The van der Waals surface area contributed by atoms with E-state index in [4.69, 9.17) is 0 Å². The van der Waals surface area contributed by atoms with Gasteiger partial charge in [-0.1, -0.05) is 30.3 Å². The molecule has 0 aliphatic carbocycles. The third-order valence-electron chi connectivity index (χ3n) is 3.38. The molecule has 2 aromatic heterocycles. The summed E-state index contributed by atoms with van der Waals surface area (Å²) in [5.74, 6) is -0.188. The first kappa shape index (κ1) is 14.2. The van der Waals surface area contributed by atoms with Crippen LogP contribution >= 0.6 is 0 Å². The summed E-state index contributed by atoms with van der Waals surface area (Å²) in [6.45, 7) is 0.605. The predicted molar refractivity (Wildman–Crippen MR) is 81.3 cm³/mol. The number of aromatic nitrogens is 3. The van der Waals surface area contributed by atoms with Gasteiger partial charge in [0.05, 0.1) is 12.8 Å². The van der Waals surface area contributed by atoms with Crippen LogP contribution < -0.4 is 0 Å². The number of carbonyl (C=O) groups excluding carboxylic acids is 1. The summed E-state index contributed by atoms with van der Waals surface area (Å²) in [6.07, 6.45) is 4.88. The maximum Gasteiger partial charge on any atom is 0.259 e. The lowest BCUT2D eigenvalue weighted by Crippen LogP contribution is -2.33. The van der Waals surface area contributed by atoms with Gasteiger partial charge in [0.2, 0.25) is 0 Å². The molecule has 112 valence electrons. The molecule has 0 spiro atoms. The van der Waals surface area contributed by atoms with E-state index >= 15 is 0 Å². The smallest absolute Gasteiger partial charge is 0.259 e. The quantitative estimate of drug-likeness (QED) is 0.772. The Kier molecular flexibility index (Phi) is 4.11. The highest BCUT2D eigenvalue weighted by atomic mass is 16.3. The standard InChI is InChI=1S/C16H16N4O2/c21-10-9-19(12-13-5-2-1-3-6-13)16(22)14-11-18-20-8-4-7-17-15(14)20/h1-8,11,21H,9-10,12H2. The van der Waals surface area contributed by atoms with Crippen LogP contribution in [0.25, 0.3) is 5.65 Å². The van der Waals surface area contributed by atoms with E-state index in [-0.39, 0.29) is 19.1 Å². The number of nitrogens with zero attached hydrogens (tertiary/aromatic N) is 4. The molecule has 22 heavy (non-hydrogen) atoms. The fourth-order valence-electron chi connectivity index (χ4n) is 2.33. The van der Waals surface area contributed by atoms with Crippen molar-refractivity contribution in [3.63, 3.8) is 0 Å². The Morgan fingerprint density at radius 3 is 2.82 bits per heavy atom. The lowest BCUT2D eigenvalue weighted by atomic mass is 10.2. The highest BCUT2D eigenvalue weighted by molar-refractivity contribution is 5.99. The number of fused-ring (bicyclic) bond motifs is 1. The molecular weight excluding hydrogens is 280 g/mol. The molecule has 6 heteroatoms. The van der Waals surface area contributed by atoms with Crippen molar-refractivity contribution in [3.05, 3.63) is 66.1 Å². The molecule has 0 atom stereocenters. The molecule has 3 rings (SSSR count). The van der Waals surface area contributed by atoms with Crippen molar-refractivity contribution in [2.24, 2.45) is 0 Å². The second-order valence-corrected chi connectivity index (χ2v) is 4.88. The Morgan fingerprint density at radius 2 is 2.05 bits per heavy atom. The molecule has 0 saturated carbocycles. The Bertz CT molecular complexity index is 770. The first-order valence-electron chi connectivity index (χ1n) is 7.02. The maximum atomic E-state index is 12.7. The van der Waals surface area contributed by atoms with Gasteiger partial charge in [-0.25, -0.2) is 9.50 Å². The summed E-state index contributed by atoms with van der Waals surface area (Å²) in [7, 11) is 0. The van der Waals surface area contributed by atoms with Crippen molar-refractivity contribution in [1.29, 1.82) is 0 Å². The fourth-order valence-corrected chi connectivity index (χ4v) is 2.33. The number of aliphatic hydroxyl groups is 1. The Balaban J connectivity index is 1.89. The molecule has 2 heterocycles. The van der Waals surface area contributed by atoms with Gasteiger partial charge in [-0.15, -0.1) is 0 Å². The summed E-state index contributed by atoms with van der Waals surface area (Å²) in [5, 5.41) is 13.4. The van der Waals surface area contributed by atoms with E-state index in [0.717, 1.165) is 5.56 Å². The van der Waals surface area contributed by atoms with E-state index in [0.29, 0.717) is 17.8 Å². The van der Waals surface area contributed by atoms with E-state index in [2.05, 4.69) is 10.1 Å². The maximum absolute atomic E-state index is 12.7. The van der Waals surface area contributed by atoms with Gasteiger partial charge in [-0.3, -0.25) is 4.79 Å². The van der Waals surface area contributed by atoms with Gasteiger partial charge in [-0.05, 0) is 11.6 Å². The largest absolute Gasteiger partial charge is 0.395 e. The van der Waals surface area contributed by atoms with Crippen LogP contribution in [0.1, 0.15) is 15.9 Å². The van der Waals surface area contributed by atoms with Gasteiger partial charge in [-0.2, -0.15) is 5.10 Å². The zero-order valence-corrected chi connectivity index (χ0v) is 12.0. The summed E-state index contributed by atoms with van der Waals surface area (Å²) < 4.78 is 1.56. The molecule has 0 aliphatic heterocycles. The van der Waals surface area contributed by atoms with Crippen molar-refractivity contribution in [1.82, 2.24) is 19.5 Å². The molecule has 0 radical (unpaired) electrons. The van der Waals surface area contributed by atoms with E-state index in [1.807, 2.05) is 30.3 Å². The molecule has 0 aliphatic rings. The fraction of sp³-hybridized carbons (Fsp3) is 0.188. The van der Waals surface area contributed by atoms with Gasteiger partial charge in [0.25, 0.3) is 5.91 Å². The summed E-state index contributed by atoms with van der Waals surface area (Å²) in [5.41, 5.74) is 1.96. The molecule has 3 aromatic rings. The number of carbonyl (C=O) groups is 1. The molecule has 0 saturated heterocycles. The van der Waals surface area contributed by atoms with E-state index in [1.54, 1.807) is 27.9 Å². The zero-order valence-electron chi connectivity index (χ0n) is 12.0. The predicted octanol–water partition coefficient (Wildman–Crippen LogP) is 1.36. The lowest BCUT2D eigenvalue weighted by Gasteiger charge is -2.21. The highest BCUT2D eigenvalue weighted by Gasteiger charge is 2.20. The van der Waals surface area contributed by atoms with Crippen LogP contribution in [0.4, 0.5) is 0 Å². The monoisotopic (exact) mass is 296 g/mol. The van der Waals surface area contributed by atoms with Gasteiger partial charge in [0.15, 0.2) is 5.65 Å². The van der Waals surface area contributed by atoms with Crippen LogP contribution in [0.5, 0.6) is 0 Å². The van der Waals surface area contributed by atoms with Gasteiger partial charge in [0.1, 0.15) is 5.56 Å². The minimum atomic E-state index is -0.188. The zero-order chi connectivity index (χ0) is 15.4. The summed E-state index contributed by atoms with van der Waals surface area (Å²) >= 11 is 0. The van der Waals surface area contributed by atoms with Crippen LogP contribution in [0, 0.1) is 0 Å². The topological polar surface area (TPSA) is 70.7 Å². The average molecular weight is 296 g/mol. The number of hydrogen-bond donors (Lipinski definition) is 1. The second-order valence-electron chi connectivity index (χ2n) is 4.88. The number of amides is 1. The third kappa shape index (κ3) is 2.82. The number of rotatable bonds is 5. The van der Waals surface area contributed by atoms with Crippen molar-refractivity contribution >= 4 is 11.6 Å². The van der Waals surface area contributed by atoms with Crippen LogP contribution in [0.3, 0.4) is 0 Å². The Labute approximate surface area is 127 Å². The molecule has 0 fully saturated rings. The van der Waals surface area contributed by atoms with E-state index in [1.165, 1.54) is 6.20 Å². The van der Waals surface area contributed by atoms with Crippen molar-refractivity contribution < 1.29 is 9.90 Å². The molecule has 6 nitrogen and oxygen atoms in total. The van der Waals surface area contributed by atoms with Gasteiger partial charge in [0, 0.05) is 25.5 Å². The number of aliphatic hydroxyl groups excluding tert-OH is 1. The van der Waals surface area contributed by atoms with Crippen LogP contribution in [-0.2, 0) is 6.54 Å². The normalized spacial score (nSPS) is 10.8. The third-order valence-corrected chi connectivity index (χ3v) is 3.38. The molecule has 1 amide bonds. The second kappa shape index (κ2) is 6.36. The Hall–Kier alpha value is -2.73. The Morgan fingerprint density at radius 1 is 1.23 bits per heavy atom. The first-order chi connectivity index (χ1) is 10.8. The van der Waals surface area contributed by atoms with Crippen molar-refractivity contribution in [2.45, 2.75) is 6.54 Å². The molecule has 1 N–H and O–H groups in total. The lowest BCUT2D eigenvalue weighted by molar-refractivity contribution is 0.0709. The molecule has 0 unspecified atom stereocenters. The average Bonchev–Trinajstić information content (AvgIpc) is 2.99. The molecule has 1 aromatic carbocycles. The first-order valence-corrected chi connectivity index (χ1v) is 7.02. The van der Waals surface area contributed by atoms with Crippen molar-refractivity contribution in [3.8, 4) is 0 Å². The number of hydrogen-bond acceptors (Lipinski definition) is 4.